The standard InChI is InChI=1S/C17H18N6/c1-2-7-16-13(5-1)6-3-4-10-23(16)12-15-9-8-14(11-18-15)17-19-21-22-20-17/h1-2,5,7-9,11H,3-4,6,10,12H2,(H,19,20,21,22). The van der Waals surface area contributed by atoms with Crippen LogP contribution >= 0.6 is 0 Å². The van der Waals surface area contributed by atoms with Crippen molar-refractivity contribution in [2.24, 2.45) is 0 Å². The number of benzene rings is 1. The van der Waals surface area contributed by atoms with E-state index < -0.39 is 0 Å². The van der Waals surface area contributed by atoms with E-state index in [-0.39, 0.29) is 0 Å². The quantitative estimate of drug-likeness (QED) is 0.805. The second-order valence-electron chi connectivity index (χ2n) is 5.78. The molecule has 1 N–H and O–H groups in total. The fourth-order valence-corrected chi connectivity index (χ4v) is 3.06. The predicted octanol–water partition coefficient (Wildman–Crippen LogP) is 2.60. The topological polar surface area (TPSA) is 70.6 Å². The number of fused-ring (bicyclic) bond motifs is 1. The Hall–Kier alpha value is -2.76. The summed E-state index contributed by atoms with van der Waals surface area (Å²) in [4.78, 5) is 7.00. The third-order valence-corrected chi connectivity index (χ3v) is 4.24. The first-order valence-electron chi connectivity index (χ1n) is 7.92. The van der Waals surface area contributed by atoms with Gasteiger partial charge in [-0.3, -0.25) is 4.98 Å². The average Bonchev–Trinajstić information content (AvgIpc) is 3.06. The molecule has 1 aromatic carbocycles. The van der Waals surface area contributed by atoms with Crippen molar-refractivity contribution in [1.82, 2.24) is 25.6 Å². The number of H-pyrrole nitrogens is 1. The van der Waals surface area contributed by atoms with E-state index in [9.17, 15) is 0 Å². The van der Waals surface area contributed by atoms with Gasteiger partial charge in [-0.05, 0) is 48.2 Å². The largest absolute Gasteiger partial charge is 0.365 e. The van der Waals surface area contributed by atoms with Gasteiger partial charge < -0.3 is 4.90 Å². The Labute approximate surface area is 134 Å². The first kappa shape index (κ1) is 13.9. The molecule has 0 atom stereocenters. The molecule has 0 amide bonds. The first-order valence-corrected chi connectivity index (χ1v) is 7.92. The van der Waals surface area contributed by atoms with Crippen molar-refractivity contribution in [1.29, 1.82) is 0 Å². The molecule has 4 rings (SSSR count). The molecule has 0 bridgehead atoms. The molecule has 0 saturated heterocycles. The van der Waals surface area contributed by atoms with E-state index in [1.165, 1.54) is 24.1 Å². The molecular weight excluding hydrogens is 288 g/mol. The molecule has 0 fully saturated rings. The van der Waals surface area contributed by atoms with Crippen LogP contribution in [-0.2, 0) is 13.0 Å². The number of anilines is 1. The number of aromatic nitrogens is 5. The van der Waals surface area contributed by atoms with Crippen molar-refractivity contribution in [3.63, 3.8) is 0 Å². The molecule has 3 aromatic rings. The molecule has 1 aliphatic heterocycles. The lowest BCUT2D eigenvalue weighted by atomic mass is 10.1. The molecule has 116 valence electrons. The highest BCUT2D eigenvalue weighted by atomic mass is 15.5. The highest BCUT2D eigenvalue weighted by Crippen LogP contribution is 2.27. The number of pyridine rings is 1. The van der Waals surface area contributed by atoms with Crippen LogP contribution in [0.1, 0.15) is 24.1 Å². The van der Waals surface area contributed by atoms with Crippen molar-refractivity contribution in [3.05, 3.63) is 53.9 Å². The molecule has 0 unspecified atom stereocenters. The number of hydrogen-bond donors (Lipinski definition) is 1. The molecule has 0 radical (unpaired) electrons. The Balaban J connectivity index is 1.56. The van der Waals surface area contributed by atoms with Gasteiger partial charge in [-0.2, -0.15) is 5.21 Å². The van der Waals surface area contributed by atoms with Crippen molar-refractivity contribution in [3.8, 4) is 11.4 Å². The van der Waals surface area contributed by atoms with E-state index >= 15 is 0 Å². The number of nitrogens with one attached hydrogen (secondary N) is 1. The van der Waals surface area contributed by atoms with Gasteiger partial charge in [-0.1, -0.05) is 18.2 Å². The zero-order chi connectivity index (χ0) is 15.5. The van der Waals surface area contributed by atoms with Gasteiger partial charge in [-0.15, -0.1) is 10.2 Å². The van der Waals surface area contributed by atoms with Crippen LogP contribution in [-0.4, -0.2) is 32.2 Å². The van der Waals surface area contributed by atoms with Gasteiger partial charge in [0.15, 0.2) is 0 Å². The minimum atomic E-state index is 0.573. The smallest absolute Gasteiger partial charge is 0.206 e. The average molecular weight is 306 g/mol. The molecule has 2 aromatic heterocycles. The van der Waals surface area contributed by atoms with Gasteiger partial charge in [0.1, 0.15) is 0 Å². The van der Waals surface area contributed by atoms with Gasteiger partial charge in [0, 0.05) is 24.0 Å². The zero-order valence-corrected chi connectivity index (χ0v) is 12.8. The van der Waals surface area contributed by atoms with E-state index in [1.54, 1.807) is 0 Å². The van der Waals surface area contributed by atoms with Gasteiger partial charge in [0.2, 0.25) is 5.82 Å². The second kappa shape index (κ2) is 6.16. The summed E-state index contributed by atoms with van der Waals surface area (Å²) in [6.45, 7) is 1.90. The SMILES string of the molecule is c1ccc2c(c1)CCCCN2Cc1ccc(-c2nn[nH]n2)cn1. The fraction of sp³-hybridized carbons (Fsp3) is 0.294. The fourth-order valence-electron chi connectivity index (χ4n) is 3.06. The van der Waals surface area contributed by atoms with E-state index in [4.69, 9.17) is 0 Å². The third-order valence-electron chi connectivity index (χ3n) is 4.24. The molecule has 1 aliphatic rings. The highest BCUT2D eigenvalue weighted by molar-refractivity contribution is 5.55. The summed E-state index contributed by atoms with van der Waals surface area (Å²) in [6, 6.07) is 12.7. The van der Waals surface area contributed by atoms with Crippen molar-refractivity contribution in [2.45, 2.75) is 25.8 Å². The lowest BCUT2D eigenvalue weighted by Crippen LogP contribution is -2.24. The monoisotopic (exact) mass is 306 g/mol. The maximum absolute atomic E-state index is 4.57. The van der Waals surface area contributed by atoms with Crippen LogP contribution in [0.5, 0.6) is 0 Å². The predicted molar refractivity (Wildman–Crippen MR) is 87.8 cm³/mol. The lowest BCUT2D eigenvalue weighted by molar-refractivity contribution is 0.708. The first-order chi connectivity index (χ1) is 11.4. The normalized spacial score (nSPS) is 14.3. The number of nitrogens with zero attached hydrogens (tertiary/aromatic N) is 5. The number of hydrogen-bond acceptors (Lipinski definition) is 5. The van der Waals surface area contributed by atoms with E-state index in [0.29, 0.717) is 5.82 Å². The number of tetrazole rings is 1. The Morgan fingerprint density at radius 1 is 1.09 bits per heavy atom. The second-order valence-corrected chi connectivity index (χ2v) is 5.78. The molecule has 6 nitrogen and oxygen atoms in total. The number of rotatable bonds is 3. The van der Waals surface area contributed by atoms with Gasteiger partial charge >= 0.3 is 0 Å². The molecule has 3 heterocycles. The Kier molecular flexibility index (Phi) is 3.71. The van der Waals surface area contributed by atoms with Crippen LogP contribution in [0.3, 0.4) is 0 Å². The summed E-state index contributed by atoms with van der Waals surface area (Å²) in [7, 11) is 0. The Bertz CT molecular complexity index is 766. The number of aromatic amines is 1. The van der Waals surface area contributed by atoms with Crippen LogP contribution in [0.25, 0.3) is 11.4 Å². The van der Waals surface area contributed by atoms with Crippen LogP contribution in [0.2, 0.25) is 0 Å². The highest BCUT2D eigenvalue weighted by Gasteiger charge is 2.15. The molecular formula is C17H18N6. The minimum absolute atomic E-state index is 0.573. The summed E-state index contributed by atoms with van der Waals surface area (Å²) < 4.78 is 0. The summed E-state index contributed by atoms with van der Waals surface area (Å²) in [6.07, 6.45) is 5.44. The summed E-state index contributed by atoms with van der Waals surface area (Å²) in [5.41, 5.74) is 4.70. The lowest BCUT2D eigenvalue weighted by Gasteiger charge is -2.24. The molecule has 0 spiro atoms. The van der Waals surface area contributed by atoms with Crippen LogP contribution in [0.4, 0.5) is 5.69 Å². The third kappa shape index (κ3) is 2.92. The maximum Gasteiger partial charge on any atom is 0.206 e. The Morgan fingerprint density at radius 3 is 2.87 bits per heavy atom. The maximum atomic E-state index is 4.57. The number of aryl methyl sites for hydroxylation is 1. The van der Waals surface area contributed by atoms with E-state index in [1.807, 2.05) is 18.3 Å². The molecule has 23 heavy (non-hydrogen) atoms. The molecule has 0 aliphatic carbocycles. The zero-order valence-electron chi connectivity index (χ0n) is 12.8. The Morgan fingerprint density at radius 2 is 2.04 bits per heavy atom. The summed E-state index contributed by atoms with van der Waals surface area (Å²) in [5.74, 6) is 0.573. The van der Waals surface area contributed by atoms with Crippen LogP contribution < -0.4 is 4.90 Å². The van der Waals surface area contributed by atoms with Gasteiger partial charge in [0.05, 0.1) is 12.2 Å². The van der Waals surface area contributed by atoms with Gasteiger partial charge in [-0.25, -0.2) is 0 Å². The van der Waals surface area contributed by atoms with Crippen LogP contribution in [0, 0.1) is 0 Å². The van der Waals surface area contributed by atoms with Crippen molar-refractivity contribution >= 4 is 5.69 Å². The number of para-hydroxylation sites is 1. The van der Waals surface area contributed by atoms with Gasteiger partial charge in [0.25, 0.3) is 0 Å². The van der Waals surface area contributed by atoms with Crippen molar-refractivity contribution < 1.29 is 0 Å². The van der Waals surface area contributed by atoms with E-state index in [0.717, 1.165) is 30.8 Å². The summed E-state index contributed by atoms with van der Waals surface area (Å²) >= 11 is 0. The minimum Gasteiger partial charge on any atom is -0.365 e. The van der Waals surface area contributed by atoms with Crippen LogP contribution in [0.15, 0.2) is 42.6 Å². The van der Waals surface area contributed by atoms with Crippen molar-refractivity contribution in [2.75, 3.05) is 11.4 Å². The summed E-state index contributed by atoms with van der Waals surface area (Å²) in [5, 5.41) is 14.0. The van der Waals surface area contributed by atoms with E-state index in [2.05, 4.69) is 54.8 Å². The molecule has 6 heteroatoms. The molecule has 0 saturated carbocycles.